The van der Waals surface area contributed by atoms with E-state index in [1.165, 1.54) is 17.3 Å². The van der Waals surface area contributed by atoms with Gasteiger partial charge in [0.15, 0.2) is 22.5 Å². The molecule has 0 saturated heterocycles. The van der Waals surface area contributed by atoms with Crippen molar-refractivity contribution in [2.45, 2.75) is 11.6 Å². The minimum atomic E-state index is -0.0433. The molecule has 1 heterocycles. The van der Waals surface area contributed by atoms with E-state index in [0.29, 0.717) is 34.8 Å². The van der Waals surface area contributed by atoms with E-state index in [0.717, 1.165) is 12.0 Å². The zero-order valence-corrected chi connectivity index (χ0v) is 18.9. The van der Waals surface area contributed by atoms with Crippen LogP contribution in [0.5, 0.6) is 17.2 Å². The fourth-order valence-electron chi connectivity index (χ4n) is 3.07. The zero-order chi connectivity index (χ0) is 22.2. The van der Waals surface area contributed by atoms with Crippen LogP contribution in [0, 0.1) is 0 Å². The number of aromatic nitrogens is 3. The third kappa shape index (κ3) is 5.49. The van der Waals surface area contributed by atoms with Crippen LogP contribution in [0.15, 0.2) is 47.6 Å². The molecule has 0 fully saturated rings. The van der Waals surface area contributed by atoms with Crippen molar-refractivity contribution in [3.63, 3.8) is 0 Å². The second kappa shape index (κ2) is 10.7. The molecule has 3 aromatic rings. The summed E-state index contributed by atoms with van der Waals surface area (Å²) >= 11 is 1.33. The molecule has 2 aromatic carbocycles. The first kappa shape index (κ1) is 22.5. The number of nitrogens with one attached hydrogen (secondary N) is 1. The minimum Gasteiger partial charge on any atom is -0.493 e. The Bertz CT molecular complexity index is 999. The Morgan fingerprint density at radius 2 is 1.71 bits per heavy atom. The highest BCUT2D eigenvalue weighted by atomic mass is 32.2. The fourth-order valence-corrected chi connectivity index (χ4v) is 3.82. The number of hydrogen-bond donors (Lipinski definition) is 1. The van der Waals surface area contributed by atoms with Gasteiger partial charge in [0.1, 0.15) is 0 Å². The standard InChI is InChI=1S/C22H26N4O4S/c1-26-21(16-12-17(28-2)20(30-4)18(13-16)29-3)24-25-22(26)31-14-19(27)23-11-10-15-8-6-5-7-9-15/h5-9,12-13H,10-11,14H2,1-4H3,(H,23,27). The summed E-state index contributed by atoms with van der Waals surface area (Å²) in [5, 5.41) is 12.1. The van der Waals surface area contributed by atoms with Crippen LogP contribution in [0.1, 0.15) is 5.56 Å². The number of carbonyl (C=O) groups excluding carboxylic acids is 1. The molecule has 0 aliphatic heterocycles. The molecular formula is C22H26N4O4S. The van der Waals surface area contributed by atoms with Crippen molar-refractivity contribution in [3.8, 4) is 28.6 Å². The summed E-state index contributed by atoms with van der Waals surface area (Å²) in [7, 11) is 6.54. The Balaban J connectivity index is 1.63. The SMILES string of the molecule is COc1cc(-c2nnc(SCC(=O)NCCc3ccccc3)n2C)cc(OC)c1OC. The van der Waals surface area contributed by atoms with E-state index in [9.17, 15) is 4.79 Å². The maximum atomic E-state index is 12.2. The quantitative estimate of drug-likeness (QED) is 0.483. The molecule has 0 aliphatic rings. The Labute approximate surface area is 185 Å². The van der Waals surface area contributed by atoms with Crippen LogP contribution in [-0.2, 0) is 18.3 Å². The summed E-state index contributed by atoms with van der Waals surface area (Å²) < 4.78 is 18.0. The molecule has 3 rings (SSSR count). The molecule has 8 nitrogen and oxygen atoms in total. The van der Waals surface area contributed by atoms with Gasteiger partial charge in [-0.25, -0.2) is 0 Å². The number of methoxy groups -OCH3 is 3. The first-order valence-corrected chi connectivity index (χ1v) is 10.7. The number of ether oxygens (including phenoxy) is 3. The van der Waals surface area contributed by atoms with Crippen LogP contribution >= 0.6 is 11.8 Å². The lowest BCUT2D eigenvalue weighted by atomic mass is 10.1. The maximum absolute atomic E-state index is 12.2. The molecule has 0 aliphatic carbocycles. The molecule has 1 N–H and O–H groups in total. The molecular weight excluding hydrogens is 416 g/mol. The third-order valence-electron chi connectivity index (χ3n) is 4.67. The smallest absolute Gasteiger partial charge is 0.230 e. The number of nitrogens with zero attached hydrogens (tertiary/aromatic N) is 3. The highest BCUT2D eigenvalue weighted by Gasteiger charge is 2.18. The van der Waals surface area contributed by atoms with Gasteiger partial charge in [-0.1, -0.05) is 42.1 Å². The van der Waals surface area contributed by atoms with Crippen LogP contribution in [0.25, 0.3) is 11.4 Å². The fraction of sp³-hybridized carbons (Fsp3) is 0.318. The van der Waals surface area contributed by atoms with Gasteiger partial charge >= 0.3 is 0 Å². The van der Waals surface area contributed by atoms with Gasteiger partial charge in [-0.3, -0.25) is 4.79 Å². The van der Waals surface area contributed by atoms with Crippen molar-refractivity contribution < 1.29 is 19.0 Å². The van der Waals surface area contributed by atoms with Crippen molar-refractivity contribution in [2.75, 3.05) is 33.6 Å². The minimum absolute atomic E-state index is 0.0433. The number of benzene rings is 2. The Morgan fingerprint density at radius 1 is 1.03 bits per heavy atom. The van der Waals surface area contributed by atoms with Gasteiger partial charge in [-0.05, 0) is 24.1 Å². The summed E-state index contributed by atoms with van der Waals surface area (Å²) in [4.78, 5) is 12.2. The average molecular weight is 443 g/mol. The van der Waals surface area contributed by atoms with Gasteiger partial charge in [-0.2, -0.15) is 0 Å². The normalized spacial score (nSPS) is 10.6. The Kier molecular flexibility index (Phi) is 7.77. The summed E-state index contributed by atoms with van der Waals surface area (Å²) in [5.74, 6) is 2.43. The molecule has 164 valence electrons. The van der Waals surface area contributed by atoms with Crippen LogP contribution in [0.4, 0.5) is 0 Å². The van der Waals surface area contributed by atoms with Gasteiger partial charge in [0.25, 0.3) is 0 Å². The first-order valence-electron chi connectivity index (χ1n) is 9.70. The van der Waals surface area contributed by atoms with Crippen molar-refractivity contribution in [1.29, 1.82) is 0 Å². The largest absolute Gasteiger partial charge is 0.493 e. The highest BCUT2D eigenvalue weighted by Crippen LogP contribution is 2.41. The van der Waals surface area contributed by atoms with Gasteiger partial charge in [0.05, 0.1) is 27.1 Å². The molecule has 1 aromatic heterocycles. The predicted molar refractivity (Wildman–Crippen MR) is 120 cm³/mol. The number of carbonyl (C=O) groups is 1. The topological polar surface area (TPSA) is 87.5 Å². The van der Waals surface area contributed by atoms with E-state index in [2.05, 4.69) is 15.5 Å². The number of hydrogen-bond acceptors (Lipinski definition) is 7. The van der Waals surface area contributed by atoms with Gasteiger partial charge < -0.3 is 24.1 Å². The van der Waals surface area contributed by atoms with Gasteiger partial charge in [0, 0.05) is 19.2 Å². The lowest BCUT2D eigenvalue weighted by molar-refractivity contribution is -0.118. The summed E-state index contributed by atoms with van der Waals surface area (Å²) in [6, 6.07) is 13.7. The molecule has 0 bridgehead atoms. The second-order valence-electron chi connectivity index (χ2n) is 6.65. The van der Waals surface area contributed by atoms with Gasteiger partial charge in [-0.15, -0.1) is 10.2 Å². The van der Waals surface area contributed by atoms with Crippen molar-refractivity contribution in [2.24, 2.45) is 7.05 Å². The third-order valence-corrected chi connectivity index (χ3v) is 5.69. The average Bonchev–Trinajstić information content (AvgIpc) is 3.17. The Hall–Kier alpha value is -3.20. The molecule has 0 saturated carbocycles. The van der Waals surface area contributed by atoms with Crippen LogP contribution < -0.4 is 19.5 Å². The number of thioether (sulfide) groups is 1. The zero-order valence-electron chi connectivity index (χ0n) is 18.0. The lowest BCUT2D eigenvalue weighted by Crippen LogP contribution is -2.27. The van der Waals surface area contributed by atoms with E-state index < -0.39 is 0 Å². The van der Waals surface area contributed by atoms with E-state index >= 15 is 0 Å². The van der Waals surface area contributed by atoms with Crippen LogP contribution in [0.2, 0.25) is 0 Å². The van der Waals surface area contributed by atoms with Crippen molar-refractivity contribution in [1.82, 2.24) is 20.1 Å². The molecule has 0 spiro atoms. The molecule has 0 atom stereocenters. The molecule has 1 amide bonds. The highest BCUT2D eigenvalue weighted by molar-refractivity contribution is 7.99. The van der Waals surface area contributed by atoms with E-state index in [4.69, 9.17) is 14.2 Å². The monoisotopic (exact) mass is 442 g/mol. The Morgan fingerprint density at radius 3 is 2.32 bits per heavy atom. The van der Waals surface area contributed by atoms with Gasteiger partial charge in [0.2, 0.25) is 11.7 Å². The van der Waals surface area contributed by atoms with Crippen molar-refractivity contribution >= 4 is 17.7 Å². The van der Waals surface area contributed by atoms with E-state index in [1.807, 2.05) is 54.1 Å². The summed E-state index contributed by atoms with van der Waals surface area (Å²) in [5.41, 5.74) is 1.96. The summed E-state index contributed by atoms with van der Waals surface area (Å²) in [6.45, 7) is 0.596. The van der Waals surface area contributed by atoms with Crippen molar-refractivity contribution in [3.05, 3.63) is 48.0 Å². The molecule has 0 radical (unpaired) electrons. The number of rotatable bonds is 10. The lowest BCUT2D eigenvalue weighted by Gasteiger charge is -2.14. The van der Waals surface area contributed by atoms with E-state index in [-0.39, 0.29) is 11.7 Å². The maximum Gasteiger partial charge on any atom is 0.230 e. The summed E-state index contributed by atoms with van der Waals surface area (Å²) in [6.07, 6.45) is 0.798. The van der Waals surface area contributed by atoms with Crippen LogP contribution in [0.3, 0.4) is 0 Å². The van der Waals surface area contributed by atoms with E-state index in [1.54, 1.807) is 21.3 Å². The van der Waals surface area contributed by atoms with Crippen LogP contribution in [-0.4, -0.2) is 54.3 Å². The first-order chi connectivity index (χ1) is 15.1. The molecule has 9 heteroatoms. The molecule has 0 unspecified atom stereocenters. The predicted octanol–water partition coefficient (Wildman–Crippen LogP) is 2.96. The number of amides is 1. The second-order valence-corrected chi connectivity index (χ2v) is 7.60. The molecule has 31 heavy (non-hydrogen) atoms.